The third-order valence-corrected chi connectivity index (χ3v) is 4.35. The molecule has 0 aromatic carbocycles. The number of hydrogen-bond acceptors (Lipinski definition) is 4. The SMILES string of the molecule is CCn1cc([C@@H]2NC(=O)CC[C@H]2NC2CCCOC2)cn1. The van der Waals surface area contributed by atoms with Crippen LogP contribution in [0.25, 0.3) is 0 Å². The first-order chi connectivity index (χ1) is 10.3. The number of carbonyl (C=O) groups is 1. The Morgan fingerprint density at radius 1 is 1.52 bits per heavy atom. The summed E-state index contributed by atoms with van der Waals surface area (Å²) in [6.07, 6.45) is 7.60. The monoisotopic (exact) mass is 292 g/mol. The second-order valence-corrected chi connectivity index (χ2v) is 5.90. The second-order valence-electron chi connectivity index (χ2n) is 5.90. The summed E-state index contributed by atoms with van der Waals surface area (Å²) in [4.78, 5) is 11.8. The Labute approximate surface area is 125 Å². The molecule has 1 aromatic rings. The normalized spacial score (nSPS) is 30.1. The Hall–Kier alpha value is -1.40. The molecular weight excluding hydrogens is 268 g/mol. The van der Waals surface area contributed by atoms with Crippen molar-refractivity contribution in [3.63, 3.8) is 0 Å². The molecular formula is C15H24N4O2. The van der Waals surface area contributed by atoms with Crippen LogP contribution in [0.15, 0.2) is 12.4 Å². The van der Waals surface area contributed by atoms with Gasteiger partial charge in [-0.05, 0) is 26.2 Å². The summed E-state index contributed by atoms with van der Waals surface area (Å²) in [7, 11) is 0. The van der Waals surface area contributed by atoms with Gasteiger partial charge in [-0.1, -0.05) is 0 Å². The van der Waals surface area contributed by atoms with E-state index in [-0.39, 0.29) is 18.0 Å². The molecule has 0 saturated carbocycles. The highest BCUT2D eigenvalue weighted by molar-refractivity contribution is 5.77. The summed E-state index contributed by atoms with van der Waals surface area (Å²) in [5.74, 6) is 0.127. The van der Waals surface area contributed by atoms with E-state index < -0.39 is 0 Å². The van der Waals surface area contributed by atoms with Crippen molar-refractivity contribution in [1.82, 2.24) is 20.4 Å². The van der Waals surface area contributed by atoms with Gasteiger partial charge in [0.15, 0.2) is 0 Å². The van der Waals surface area contributed by atoms with Crippen LogP contribution in [0, 0.1) is 0 Å². The van der Waals surface area contributed by atoms with Crippen molar-refractivity contribution in [2.24, 2.45) is 0 Å². The number of hydrogen-bond donors (Lipinski definition) is 2. The highest BCUT2D eigenvalue weighted by Crippen LogP contribution is 2.25. The van der Waals surface area contributed by atoms with Gasteiger partial charge in [0.25, 0.3) is 0 Å². The number of piperidine rings is 1. The van der Waals surface area contributed by atoms with Crippen LogP contribution < -0.4 is 10.6 Å². The lowest BCUT2D eigenvalue weighted by Gasteiger charge is -2.36. The van der Waals surface area contributed by atoms with Crippen molar-refractivity contribution in [1.29, 1.82) is 0 Å². The second kappa shape index (κ2) is 6.58. The van der Waals surface area contributed by atoms with Gasteiger partial charge in [0.2, 0.25) is 5.91 Å². The summed E-state index contributed by atoms with van der Waals surface area (Å²) in [5.41, 5.74) is 1.08. The van der Waals surface area contributed by atoms with Crippen LogP contribution in [0.3, 0.4) is 0 Å². The number of carbonyl (C=O) groups excluding carboxylic acids is 1. The number of aryl methyl sites for hydroxylation is 1. The van der Waals surface area contributed by atoms with E-state index in [0.29, 0.717) is 12.5 Å². The van der Waals surface area contributed by atoms with E-state index in [1.54, 1.807) is 0 Å². The zero-order valence-electron chi connectivity index (χ0n) is 12.5. The summed E-state index contributed by atoms with van der Waals surface area (Å²) in [5, 5.41) is 11.1. The van der Waals surface area contributed by atoms with Gasteiger partial charge < -0.3 is 15.4 Å². The van der Waals surface area contributed by atoms with Gasteiger partial charge in [0.1, 0.15) is 0 Å². The van der Waals surface area contributed by atoms with E-state index in [0.717, 1.165) is 44.6 Å². The lowest BCUT2D eigenvalue weighted by Crippen LogP contribution is -2.52. The first-order valence-electron chi connectivity index (χ1n) is 7.91. The summed E-state index contributed by atoms with van der Waals surface area (Å²) in [6.45, 7) is 4.54. The highest BCUT2D eigenvalue weighted by atomic mass is 16.5. The standard InChI is InChI=1S/C15H24N4O2/c1-2-19-9-11(8-16-19)15-13(5-6-14(20)18-15)17-12-4-3-7-21-10-12/h8-9,12-13,15,17H,2-7,10H2,1H3,(H,18,20)/t12?,13-,15+/m1/s1. The molecule has 21 heavy (non-hydrogen) atoms. The van der Waals surface area contributed by atoms with Crippen LogP contribution in [0.4, 0.5) is 0 Å². The predicted molar refractivity (Wildman–Crippen MR) is 78.8 cm³/mol. The van der Waals surface area contributed by atoms with Gasteiger partial charge in [0, 0.05) is 43.4 Å². The molecule has 1 amide bonds. The lowest BCUT2D eigenvalue weighted by molar-refractivity contribution is -0.124. The van der Waals surface area contributed by atoms with Gasteiger partial charge in [-0.2, -0.15) is 5.10 Å². The number of nitrogens with one attached hydrogen (secondary N) is 2. The predicted octanol–water partition coefficient (Wildman–Crippen LogP) is 0.991. The summed E-state index contributed by atoms with van der Waals surface area (Å²) in [6, 6.07) is 0.653. The molecule has 3 rings (SSSR count). The van der Waals surface area contributed by atoms with Crippen molar-refractivity contribution in [2.45, 2.75) is 57.3 Å². The van der Waals surface area contributed by atoms with Crippen molar-refractivity contribution in [3.05, 3.63) is 18.0 Å². The molecule has 2 N–H and O–H groups in total. The molecule has 1 aromatic heterocycles. The number of amides is 1. The lowest BCUT2D eigenvalue weighted by atomic mass is 9.92. The van der Waals surface area contributed by atoms with Crippen LogP contribution in [0.2, 0.25) is 0 Å². The van der Waals surface area contributed by atoms with Crippen molar-refractivity contribution in [2.75, 3.05) is 13.2 Å². The van der Waals surface area contributed by atoms with E-state index in [1.807, 2.05) is 17.1 Å². The van der Waals surface area contributed by atoms with E-state index in [9.17, 15) is 4.79 Å². The van der Waals surface area contributed by atoms with Gasteiger partial charge in [-0.15, -0.1) is 0 Å². The molecule has 0 bridgehead atoms. The fourth-order valence-electron chi connectivity index (χ4n) is 3.18. The Bertz CT molecular complexity index is 482. The van der Waals surface area contributed by atoms with Crippen LogP contribution >= 0.6 is 0 Å². The molecule has 3 heterocycles. The molecule has 2 aliphatic rings. The fraction of sp³-hybridized carbons (Fsp3) is 0.733. The molecule has 116 valence electrons. The Morgan fingerprint density at radius 2 is 2.43 bits per heavy atom. The smallest absolute Gasteiger partial charge is 0.220 e. The van der Waals surface area contributed by atoms with Gasteiger partial charge >= 0.3 is 0 Å². The number of nitrogens with zero attached hydrogens (tertiary/aromatic N) is 2. The molecule has 2 aliphatic heterocycles. The van der Waals surface area contributed by atoms with Crippen LogP contribution in [-0.2, 0) is 16.1 Å². The van der Waals surface area contributed by atoms with E-state index >= 15 is 0 Å². The number of aromatic nitrogens is 2. The molecule has 2 fully saturated rings. The molecule has 1 unspecified atom stereocenters. The van der Waals surface area contributed by atoms with Crippen molar-refractivity contribution < 1.29 is 9.53 Å². The zero-order chi connectivity index (χ0) is 14.7. The topological polar surface area (TPSA) is 68.2 Å². The quantitative estimate of drug-likeness (QED) is 0.868. The van der Waals surface area contributed by atoms with E-state index in [4.69, 9.17) is 4.74 Å². The fourth-order valence-corrected chi connectivity index (χ4v) is 3.18. The molecule has 0 radical (unpaired) electrons. The number of ether oxygens (including phenoxy) is 1. The van der Waals surface area contributed by atoms with Crippen LogP contribution in [0.1, 0.15) is 44.2 Å². The minimum atomic E-state index is 0.00785. The molecule has 6 heteroatoms. The minimum absolute atomic E-state index is 0.00785. The largest absolute Gasteiger partial charge is 0.380 e. The maximum Gasteiger partial charge on any atom is 0.220 e. The summed E-state index contributed by atoms with van der Waals surface area (Å²) < 4.78 is 7.44. The van der Waals surface area contributed by atoms with Crippen molar-refractivity contribution in [3.8, 4) is 0 Å². The molecule has 6 nitrogen and oxygen atoms in total. The third-order valence-electron chi connectivity index (χ3n) is 4.35. The van der Waals surface area contributed by atoms with Gasteiger partial charge in [0.05, 0.1) is 18.8 Å². The number of rotatable bonds is 4. The Morgan fingerprint density at radius 3 is 3.14 bits per heavy atom. The van der Waals surface area contributed by atoms with Gasteiger partial charge in [-0.25, -0.2) is 0 Å². The van der Waals surface area contributed by atoms with Crippen LogP contribution in [-0.4, -0.2) is 41.0 Å². The first kappa shape index (κ1) is 14.5. The zero-order valence-corrected chi connectivity index (χ0v) is 12.5. The van der Waals surface area contributed by atoms with E-state index in [1.165, 1.54) is 0 Å². The summed E-state index contributed by atoms with van der Waals surface area (Å²) >= 11 is 0. The minimum Gasteiger partial charge on any atom is -0.380 e. The molecule has 3 atom stereocenters. The van der Waals surface area contributed by atoms with Crippen molar-refractivity contribution >= 4 is 5.91 Å². The Kier molecular flexibility index (Phi) is 4.55. The maximum atomic E-state index is 11.8. The molecule has 2 saturated heterocycles. The average molecular weight is 292 g/mol. The Balaban J connectivity index is 1.71. The molecule has 0 spiro atoms. The average Bonchev–Trinajstić information content (AvgIpc) is 2.99. The third kappa shape index (κ3) is 3.44. The maximum absolute atomic E-state index is 11.8. The first-order valence-corrected chi connectivity index (χ1v) is 7.91. The van der Waals surface area contributed by atoms with Gasteiger partial charge in [-0.3, -0.25) is 9.48 Å². The van der Waals surface area contributed by atoms with E-state index in [2.05, 4.69) is 22.7 Å². The molecule has 0 aliphatic carbocycles. The highest BCUT2D eigenvalue weighted by Gasteiger charge is 2.32. The van der Waals surface area contributed by atoms with Crippen LogP contribution in [0.5, 0.6) is 0 Å².